The minimum absolute atomic E-state index is 0.131. The molecule has 0 bridgehead atoms. The van der Waals surface area contributed by atoms with Gasteiger partial charge in [-0.25, -0.2) is 0 Å². The maximum absolute atomic E-state index is 11.8. The molecule has 18 heavy (non-hydrogen) atoms. The SMILES string of the molecule is NC(=O)CCCCNC(=O)c1ccc(Br)cc1Br. The van der Waals surface area contributed by atoms with Crippen molar-refractivity contribution >= 4 is 43.7 Å². The predicted molar refractivity (Wildman–Crippen MR) is 77.2 cm³/mol. The molecule has 4 nitrogen and oxygen atoms in total. The molecule has 98 valence electrons. The van der Waals surface area contributed by atoms with E-state index in [9.17, 15) is 9.59 Å². The average molecular weight is 378 g/mol. The van der Waals surface area contributed by atoms with E-state index < -0.39 is 0 Å². The van der Waals surface area contributed by atoms with E-state index in [4.69, 9.17) is 5.73 Å². The summed E-state index contributed by atoms with van der Waals surface area (Å²) in [5, 5.41) is 2.80. The lowest BCUT2D eigenvalue weighted by molar-refractivity contribution is -0.118. The van der Waals surface area contributed by atoms with Crippen molar-refractivity contribution in [2.45, 2.75) is 19.3 Å². The smallest absolute Gasteiger partial charge is 0.252 e. The van der Waals surface area contributed by atoms with Crippen LogP contribution >= 0.6 is 31.9 Å². The van der Waals surface area contributed by atoms with E-state index in [0.29, 0.717) is 24.9 Å². The molecule has 0 saturated heterocycles. The van der Waals surface area contributed by atoms with Crippen LogP contribution in [0.25, 0.3) is 0 Å². The number of nitrogens with one attached hydrogen (secondary N) is 1. The topological polar surface area (TPSA) is 72.2 Å². The molecule has 2 amide bonds. The summed E-state index contributed by atoms with van der Waals surface area (Å²) >= 11 is 6.66. The number of amides is 2. The van der Waals surface area contributed by atoms with Crippen molar-refractivity contribution in [1.82, 2.24) is 5.32 Å². The molecule has 0 aliphatic carbocycles. The monoisotopic (exact) mass is 376 g/mol. The second-order valence-corrected chi connectivity index (χ2v) is 5.57. The number of halogens is 2. The highest BCUT2D eigenvalue weighted by Crippen LogP contribution is 2.21. The highest BCUT2D eigenvalue weighted by molar-refractivity contribution is 9.11. The number of unbranched alkanes of at least 4 members (excludes halogenated alkanes) is 1. The van der Waals surface area contributed by atoms with Crippen LogP contribution in [-0.2, 0) is 4.79 Å². The first-order valence-corrected chi connectivity index (χ1v) is 7.11. The Labute approximate surface area is 123 Å². The third-order valence-corrected chi connectivity index (χ3v) is 3.46. The van der Waals surface area contributed by atoms with Crippen molar-refractivity contribution in [3.05, 3.63) is 32.7 Å². The average Bonchev–Trinajstić information content (AvgIpc) is 2.27. The zero-order valence-electron chi connectivity index (χ0n) is 9.71. The minimum Gasteiger partial charge on any atom is -0.370 e. The zero-order valence-corrected chi connectivity index (χ0v) is 12.9. The van der Waals surface area contributed by atoms with E-state index in [1.165, 1.54) is 0 Å². The largest absolute Gasteiger partial charge is 0.370 e. The van der Waals surface area contributed by atoms with Crippen molar-refractivity contribution in [1.29, 1.82) is 0 Å². The molecule has 0 spiro atoms. The van der Waals surface area contributed by atoms with Gasteiger partial charge in [-0.05, 0) is 47.0 Å². The lowest BCUT2D eigenvalue weighted by atomic mass is 10.2. The minimum atomic E-state index is -0.308. The van der Waals surface area contributed by atoms with Crippen LogP contribution in [0.2, 0.25) is 0 Å². The van der Waals surface area contributed by atoms with Crippen LogP contribution < -0.4 is 11.1 Å². The molecule has 0 aromatic heterocycles. The predicted octanol–water partition coefficient (Wildman–Crippen LogP) is 2.60. The van der Waals surface area contributed by atoms with Gasteiger partial charge in [-0.3, -0.25) is 9.59 Å². The number of hydrogen-bond acceptors (Lipinski definition) is 2. The summed E-state index contributed by atoms with van der Waals surface area (Å²) < 4.78 is 1.65. The second-order valence-electron chi connectivity index (χ2n) is 3.80. The van der Waals surface area contributed by atoms with E-state index in [-0.39, 0.29) is 11.8 Å². The number of nitrogens with two attached hydrogens (primary N) is 1. The van der Waals surface area contributed by atoms with Gasteiger partial charge in [0.2, 0.25) is 5.91 Å². The van der Waals surface area contributed by atoms with Crippen LogP contribution in [0.3, 0.4) is 0 Å². The molecule has 6 heteroatoms. The molecule has 0 radical (unpaired) electrons. The zero-order chi connectivity index (χ0) is 13.5. The Balaban J connectivity index is 2.39. The molecule has 1 rings (SSSR count). The molecule has 0 fully saturated rings. The Morgan fingerprint density at radius 3 is 2.56 bits per heavy atom. The third-order valence-electron chi connectivity index (χ3n) is 2.31. The summed E-state index contributed by atoms with van der Waals surface area (Å²) in [6.07, 6.45) is 1.79. The summed E-state index contributed by atoms with van der Waals surface area (Å²) in [6, 6.07) is 5.38. The van der Waals surface area contributed by atoms with Crippen molar-refractivity contribution in [3.63, 3.8) is 0 Å². The molecule has 1 aromatic rings. The Morgan fingerprint density at radius 1 is 1.22 bits per heavy atom. The lowest BCUT2D eigenvalue weighted by Gasteiger charge is -2.06. The fraction of sp³-hybridized carbons (Fsp3) is 0.333. The first-order chi connectivity index (χ1) is 8.50. The van der Waals surface area contributed by atoms with Crippen LogP contribution in [-0.4, -0.2) is 18.4 Å². The summed E-state index contributed by atoms with van der Waals surface area (Å²) in [5.41, 5.74) is 5.61. The van der Waals surface area contributed by atoms with Gasteiger partial charge in [-0.2, -0.15) is 0 Å². The highest BCUT2D eigenvalue weighted by Gasteiger charge is 2.09. The number of benzene rings is 1. The fourth-order valence-electron chi connectivity index (χ4n) is 1.39. The van der Waals surface area contributed by atoms with Gasteiger partial charge in [0.05, 0.1) is 5.56 Å². The van der Waals surface area contributed by atoms with Gasteiger partial charge in [0.25, 0.3) is 5.91 Å². The van der Waals surface area contributed by atoms with Crippen LogP contribution in [0.15, 0.2) is 27.1 Å². The van der Waals surface area contributed by atoms with Gasteiger partial charge in [0.1, 0.15) is 0 Å². The van der Waals surface area contributed by atoms with Crippen molar-refractivity contribution in [2.75, 3.05) is 6.54 Å². The first-order valence-electron chi connectivity index (χ1n) is 5.52. The van der Waals surface area contributed by atoms with Crippen molar-refractivity contribution < 1.29 is 9.59 Å². The number of primary amides is 1. The summed E-state index contributed by atoms with van der Waals surface area (Å²) in [6.45, 7) is 0.536. The number of rotatable bonds is 6. The van der Waals surface area contributed by atoms with E-state index >= 15 is 0 Å². The molecule has 0 saturated carbocycles. The maximum Gasteiger partial charge on any atom is 0.252 e. The van der Waals surface area contributed by atoms with Crippen molar-refractivity contribution in [3.8, 4) is 0 Å². The Morgan fingerprint density at radius 2 is 1.94 bits per heavy atom. The molecular weight excluding hydrogens is 364 g/mol. The standard InChI is InChI=1S/C12H14Br2N2O2/c13-8-4-5-9(10(14)7-8)12(18)16-6-2-1-3-11(15)17/h4-5,7H,1-3,6H2,(H2,15,17)(H,16,18). The van der Waals surface area contributed by atoms with Crippen LogP contribution in [0.4, 0.5) is 0 Å². The molecule has 3 N–H and O–H groups in total. The molecule has 0 heterocycles. The number of hydrogen-bond donors (Lipinski definition) is 2. The van der Waals surface area contributed by atoms with E-state index in [1.54, 1.807) is 6.07 Å². The van der Waals surface area contributed by atoms with Crippen LogP contribution in [0.1, 0.15) is 29.6 Å². The highest BCUT2D eigenvalue weighted by atomic mass is 79.9. The number of carbonyl (C=O) groups excluding carboxylic acids is 2. The van der Waals surface area contributed by atoms with Crippen LogP contribution in [0, 0.1) is 0 Å². The second kappa shape index (κ2) is 7.53. The molecule has 1 aromatic carbocycles. The Kier molecular flexibility index (Phi) is 6.35. The van der Waals surface area contributed by atoms with E-state index in [1.807, 2.05) is 12.1 Å². The first kappa shape index (κ1) is 15.2. The van der Waals surface area contributed by atoms with Gasteiger partial charge < -0.3 is 11.1 Å². The quantitative estimate of drug-likeness (QED) is 0.748. The van der Waals surface area contributed by atoms with E-state index in [2.05, 4.69) is 37.2 Å². The Bertz CT molecular complexity index is 450. The van der Waals surface area contributed by atoms with Gasteiger partial charge in [-0.1, -0.05) is 15.9 Å². The number of carbonyl (C=O) groups is 2. The molecule has 0 aliphatic heterocycles. The molecule has 0 aliphatic rings. The Hall–Kier alpha value is -0.880. The summed E-state index contributed by atoms with van der Waals surface area (Å²) in [7, 11) is 0. The van der Waals surface area contributed by atoms with Gasteiger partial charge in [0.15, 0.2) is 0 Å². The molecule has 0 atom stereocenters. The molecule has 0 unspecified atom stereocenters. The van der Waals surface area contributed by atoms with Gasteiger partial charge in [0, 0.05) is 21.9 Å². The van der Waals surface area contributed by atoms with Crippen molar-refractivity contribution in [2.24, 2.45) is 5.73 Å². The third kappa shape index (κ3) is 5.18. The summed E-state index contributed by atoms with van der Waals surface area (Å²) in [5.74, 6) is -0.439. The van der Waals surface area contributed by atoms with Crippen LogP contribution in [0.5, 0.6) is 0 Å². The lowest BCUT2D eigenvalue weighted by Crippen LogP contribution is -2.25. The fourth-order valence-corrected chi connectivity index (χ4v) is 2.62. The summed E-state index contributed by atoms with van der Waals surface area (Å²) in [4.78, 5) is 22.3. The van der Waals surface area contributed by atoms with Gasteiger partial charge in [-0.15, -0.1) is 0 Å². The van der Waals surface area contributed by atoms with Gasteiger partial charge >= 0.3 is 0 Å². The molecular formula is C12H14Br2N2O2. The van der Waals surface area contributed by atoms with E-state index in [0.717, 1.165) is 15.4 Å². The normalized spacial score (nSPS) is 10.1. The maximum atomic E-state index is 11.8.